The lowest BCUT2D eigenvalue weighted by Crippen LogP contribution is -2.47. The topological polar surface area (TPSA) is 19.0 Å². The second kappa shape index (κ2) is 10.4. The van der Waals surface area contributed by atoms with Crippen LogP contribution in [0.4, 0.5) is 0 Å². The fourth-order valence-corrected chi connectivity index (χ4v) is 4.54. The minimum Gasteiger partial charge on any atom is -0.489 e. The minimum absolute atomic E-state index is 0.625. The number of hydrogen-bond acceptors (Lipinski definition) is 4. The van der Waals surface area contributed by atoms with Crippen LogP contribution in [0.2, 0.25) is 0 Å². The van der Waals surface area contributed by atoms with Gasteiger partial charge in [-0.1, -0.05) is 42.0 Å². The molecule has 4 heteroatoms. The van der Waals surface area contributed by atoms with Crippen LogP contribution in [0.3, 0.4) is 0 Å². The van der Waals surface area contributed by atoms with E-state index in [1.807, 2.05) is 0 Å². The van der Waals surface area contributed by atoms with Gasteiger partial charge in [0.2, 0.25) is 0 Å². The first kappa shape index (κ1) is 21.4. The summed E-state index contributed by atoms with van der Waals surface area (Å²) in [5, 5.41) is 0. The van der Waals surface area contributed by atoms with Crippen molar-refractivity contribution in [1.29, 1.82) is 0 Å². The lowest BCUT2D eigenvalue weighted by molar-refractivity contribution is 0.117. The van der Waals surface area contributed by atoms with Crippen molar-refractivity contribution in [2.45, 2.75) is 39.8 Å². The Morgan fingerprint density at radius 2 is 1.30 bits per heavy atom. The Morgan fingerprint density at radius 3 is 1.97 bits per heavy atom. The molecule has 4 nitrogen and oxygen atoms in total. The number of likely N-dealkylation sites (tertiary alicyclic amines) is 1. The van der Waals surface area contributed by atoms with Crippen molar-refractivity contribution in [3.8, 4) is 5.75 Å². The van der Waals surface area contributed by atoms with Gasteiger partial charge in [0, 0.05) is 45.8 Å². The molecule has 2 fully saturated rings. The first-order chi connectivity index (χ1) is 14.7. The van der Waals surface area contributed by atoms with E-state index in [0.717, 1.165) is 12.3 Å². The number of hydrogen-bond donors (Lipinski definition) is 0. The predicted molar refractivity (Wildman–Crippen MR) is 124 cm³/mol. The Bertz CT molecular complexity index is 790. The largest absolute Gasteiger partial charge is 0.489 e. The van der Waals surface area contributed by atoms with Crippen LogP contribution in [0.1, 0.15) is 35.1 Å². The van der Waals surface area contributed by atoms with Gasteiger partial charge in [0.1, 0.15) is 12.4 Å². The van der Waals surface area contributed by atoms with Crippen molar-refractivity contribution in [1.82, 2.24) is 14.7 Å². The van der Waals surface area contributed by atoms with Crippen LogP contribution in [0.15, 0.2) is 42.5 Å². The lowest BCUT2D eigenvalue weighted by Gasteiger charge is -2.35. The van der Waals surface area contributed by atoms with E-state index in [-0.39, 0.29) is 0 Å². The maximum atomic E-state index is 6.07. The van der Waals surface area contributed by atoms with Crippen molar-refractivity contribution < 1.29 is 4.74 Å². The monoisotopic (exact) mass is 407 g/mol. The molecule has 0 bridgehead atoms. The quantitative estimate of drug-likeness (QED) is 0.656. The van der Waals surface area contributed by atoms with Gasteiger partial charge in [-0.3, -0.25) is 9.80 Å². The molecule has 0 aliphatic carbocycles. The number of ether oxygens (including phenoxy) is 1. The van der Waals surface area contributed by atoms with E-state index >= 15 is 0 Å². The molecule has 30 heavy (non-hydrogen) atoms. The second-order valence-electron chi connectivity index (χ2n) is 9.04. The molecule has 2 heterocycles. The summed E-state index contributed by atoms with van der Waals surface area (Å²) < 4.78 is 6.07. The van der Waals surface area contributed by atoms with Crippen LogP contribution < -0.4 is 4.74 Å². The Morgan fingerprint density at radius 1 is 0.700 bits per heavy atom. The summed E-state index contributed by atoms with van der Waals surface area (Å²) in [6.45, 7) is 15.8. The number of nitrogens with zero attached hydrogens (tertiary/aromatic N) is 3. The molecule has 0 spiro atoms. The maximum absolute atomic E-state index is 6.07. The standard InChI is InChI=1S/C26H37N3O/c1-22-5-7-24(8-6-22)21-30-26-10-9-25(19-23(26)2)20-29-17-15-28(16-18-29)14-13-27-11-3-4-12-27/h5-10,19H,3-4,11-18,20-21H2,1-2H3. The van der Waals surface area contributed by atoms with Crippen molar-refractivity contribution in [3.05, 3.63) is 64.7 Å². The molecule has 162 valence electrons. The van der Waals surface area contributed by atoms with E-state index in [2.05, 4.69) is 71.0 Å². The van der Waals surface area contributed by atoms with Gasteiger partial charge in [-0.2, -0.15) is 0 Å². The SMILES string of the molecule is Cc1ccc(COc2ccc(CN3CCN(CCN4CCCC4)CC3)cc2C)cc1. The van der Waals surface area contributed by atoms with E-state index < -0.39 is 0 Å². The molecule has 4 rings (SSSR count). The van der Waals surface area contributed by atoms with Crippen LogP contribution >= 0.6 is 0 Å². The predicted octanol–water partition coefficient (Wildman–Crippen LogP) is 4.10. The van der Waals surface area contributed by atoms with Gasteiger partial charge in [0.25, 0.3) is 0 Å². The minimum atomic E-state index is 0.625. The molecule has 0 unspecified atom stereocenters. The highest BCUT2D eigenvalue weighted by atomic mass is 16.5. The third kappa shape index (κ3) is 6.07. The van der Waals surface area contributed by atoms with Crippen molar-refractivity contribution in [3.63, 3.8) is 0 Å². The van der Waals surface area contributed by atoms with E-state index in [1.165, 1.54) is 87.5 Å². The van der Waals surface area contributed by atoms with Gasteiger partial charge in [-0.25, -0.2) is 0 Å². The smallest absolute Gasteiger partial charge is 0.122 e. The zero-order valence-electron chi connectivity index (χ0n) is 18.8. The summed E-state index contributed by atoms with van der Waals surface area (Å²) in [5.74, 6) is 0.992. The number of aryl methyl sites for hydroxylation is 2. The van der Waals surface area contributed by atoms with Gasteiger partial charge in [-0.15, -0.1) is 0 Å². The fraction of sp³-hybridized carbons (Fsp3) is 0.538. The Hall–Kier alpha value is -1.88. The van der Waals surface area contributed by atoms with Crippen molar-refractivity contribution >= 4 is 0 Å². The third-order valence-electron chi connectivity index (χ3n) is 6.56. The van der Waals surface area contributed by atoms with Crippen molar-refractivity contribution in [2.75, 3.05) is 52.4 Å². The van der Waals surface area contributed by atoms with Gasteiger partial charge in [-0.05, 0) is 62.5 Å². The van der Waals surface area contributed by atoms with Crippen LogP contribution in [0.25, 0.3) is 0 Å². The van der Waals surface area contributed by atoms with E-state index in [1.54, 1.807) is 0 Å². The molecule has 2 aliphatic heterocycles. The summed E-state index contributed by atoms with van der Waals surface area (Å²) in [6.07, 6.45) is 2.78. The zero-order chi connectivity index (χ0) is 20.8. The molecule has 0 radical (unpaired) electrons. The Balaban J connectivity index is 1.21. The molecule has 0 atom stereocenters. The summed E-state index contributed by atoms with van der Waals surface area (Å²) in [5.41, 5.74) is 5.11. The first-order valence-electron chi connectivity index (χ1n) is 11.6. The molecule has 2 aromatic carbocycles. The highest BCUT2D eigenvalue weighted by Gasteiger charge is 2.19. The van der Waals surface area contributed by atoms with Crippen LogP contribution in [0.5, 0.6) is 5.75 Å². The summed E-state index contributed by atoms with van der Waals surface area (Å²) in [7, 11) is 0. The number of piperazine rings is 1. The van der Waals surface area contributed by atoms with Gasteiger partial charge in [0.15, 0.2) is 0 Å². The third-order valence-corrected chi connectivity index (χ3v) is 6.56. The van der Waals surface area contributed by atoms with E-state index in [0.29, 0.717) is 6.61 Å². The normalized spacial score (nSPS) is 18.7. The molecule has 0 amide bonds. The molecule has 2 aliphatic rings. The fourth-order valence-electron chi connectivity index (χ4n) is 4.54. The van der Waals surface area contributed by atoms with Crippen molar-refractivity contribution in [2.24, 2.45) is 0 Å². The molecule has 0 N–H and O–H groups in total. The average molecular weight is 408 g/mol. The van der Waals surface area contributed by atoms with E-state index in [4.69, 9.17) is 4.74 Å². The second-order valence-corrected chi connectivity index (χ2v) is 9.04. The Kier molecular flexibility index (Phi) is 7.42. The van der Waals surface area contributed by atoms with Crippen LogP contribution in [-0.4, -0.2) is 67.1 Å². The van der Waals surface area contributed by atoms with Gasteiger partial charge < -0.3 is 9.64 Å². The maximum Gasteiger partial charge on any atom is 0.122 e. The summed E-state index contributed by atoms with van der Waals surface area (Å²) in [4.78, 5) is 7.85. The van der Waals surface area contributed by atoms with Gasteiger partial charge in [0.05, 0.1) is 0 Å². The number of rotatable bonds is 8. The molecular weight excluding hydrogens is 370 g/mol. The summed E-state index contributed by atoms with van der Waals surface area (Å²) in [6, 6.07) is 15.2. The lowest BCUT2D eigenvalue weighted by atomic mass is 10.1. The zero-order valence-corrected chi connectivity index (χ0v) is 18.8. The molecule has 2 saturated heterocycles. The Labute approximate surface area is 182 Å². The van der Waals surface area contributed by atoms with Crippen LogP contribution in [0, 0.1) is 13.8 Å². The molecular formula is C26H37N3O. The molecule has 2 aromatic rings. The molecule has 0 saturated carbocycles. The first-order valence-corrected chi connectivity index (χ1v) is 11.6. The average Bonchev–Trinajstić information content (AvgIpc) is 3.28. The molecule has 0 aromatic heterocycles. The highest BCUT2D eigenvalue weighted by molar-refractivity contribution is 5.36. The van der Waals surface area contributed by atoms with Crippen LogP contribution in [-0.2, 0) is 13.2 Å². The summed E-state index contributed by atoms with van der Waals surface area (Å²) >= 11 is 0. The van der Waals surface area contributed by atoms with Gasteiger partial charge >= 0.3 is 0 Å². The highest BCUT2D eigenvalue weighted by Crippen LogP contribution is 2.22. The van der Waals surface area contributed by atoms with E-state index in [9.17, 15) is 0 Å². The number of benzene rings is 2.